The van der Waals surface area contributed by atoms with Gasteiger partial charge in [-0.15, -0.1) is 0 Å². The molecular formula is C9H15NO6. The molecule has 0 fully saturated rings. The molecule has 0 aliphatic heterocycles. The fourth-order valence-electron chi connectivity index (χ4n) is 1.32. The number of nitrogens with zero attached hydrogens (tertiary/aromatic N) is 1. The molecule has 1 unspecified atom stereocenters. The van der Waals surface area contributed by atoms with Crippen molar-refractivity contribution < 1.29 is 24.7 Å². The van der Waals surface area contributed by atoms with E-state index < -0.39 is 29.3 Å². The normalized spacial score (nSPS) is 12.0. The van der Waals surface area contributed by atoms with Gasteiger partial charge in [-0.1, -0.05) is 6.42 Å². The second kappa shape index (κ2) is 7.61. The second-order valence-electron chi connectivity index (χ2n) is 3.53. The molecule has 92 valence electrons. The molecule has 2 N–H and O–H groups in total. The van der Waals surface area contributed by atoms with Crippen LogP contribution in [0.4, 0.5) is 0 Å². The molecule has 0 saturated carbocycles. The van der Waals surface area contributed by atoms with Crippen LogP contribution in [0.2, 0.25) is 0 Å². The Hall–Kier alpha value is -1.66. The summed E-state index contributed by atoms with van der Waals surface area (Å²) in [4.78, 5) is 30.3. The molecule has 0 heterocycles. The van der Waals surface area contributed by atoms with E-state index in [4.69, 9.17) is 10.2 Å². The molecule has 0 amide bonds. The van der Waals surface area contributed by atoms with Gasteiger partial charge in [0.05, 0.1) is 0 Å². The van der Waals surface area contributed by atoms with Gasteiger partial charge < -0.3 is 10.2 Å². The predicted octanol–water partition coefficient (Wildman–Crippen LogP) is 1.14. The maximum Gasteiger partial charge on any atom is 0.310 e. The number of unbranched alkanes of at least 4 members (excludes halogenated alkanes) is 2. The van der Waals surface area contributed by atoms with Crippen LogP contribution >= 0.6 is 0 Å². The molecule has 7 nitrogen and oxygen atoms in total. The van der Waals surface area contributed by atoms with Crippen LogP contribution in [0, 0.1) is 10.1 Å². The topological polar surface area (TPSA) is 118 Å². The molecule has 0 radical (unpaired) electrons. The lowest BCUT2D eigenvalue weighted by Gasteiger charge is -2.06. The first-order valence-electron chi connectivity index (χ1n) is 5.00. The van der Waals surface area contributed by atoms with Gasteiger partial charge in [0.15, 0.2) is 0 Å². The standard InChI is InChI=1S/C9H15NO6/c11-8(12)5-3-1-2-4-7(10(15)16)6-9(13)14/h7H,1-6H2,(H,11,12)(H,13,14). The zero-order chi connectivity index (χ0) is 12.6. The SMILES string of the molecule is O=C(O)CCCCCC(CC(=O)O)[N+](=O)[O-]. The van der Waals surface area contributed by atoms with Crippen molar-refractivity contribution in [2.75, 3.05) is 0 Å². The lowest BCUT2D eigenvalue weighted by molar-refractivity contribution is -0.522. The first kappa shape index (κ1) is 14.3. The molecule has 0 aliphatic carbocycles. The van der Waals surface area contributed by atoms with Crippen LogP contribution in [-0.4, -0.2) is 33.1 Å². The van der Waals surface area contributed by atoms with Gasteiger partial charge in [0.25, 0.3) is 0 Å². The minimum Gasteiger partial charge on any atom is -0.481 e. The van der Waals surface area contributed by atoms with E-state index in [1.54, 1.807) is 0 Å². The van der Waals surface area contributed by atoms with Crippen LogP contribution in [0.25, 0.3) is 0 Å². The van der Waals surface area contributed by atoms with Crippen LogP contribution in [0.1, 0.15) is 38.5 Å². The Balaban J connectivity index is 3.72. The zero-order valence-electron chi connectivity index (χ0n) is 8.79. The van der Waals surface area contributed by atoms with Crippen molar-refractivity contribution in [3.05, 3.63) is 10.1 Å². The highest BCUT2D eigenvalue weighted by Gasteiger charge is 2.22. The number of hydrogen-bond acceptors (Lipinski definition) is 4. The number of carbonyl (C=O) groups is 2. The van der Waals surface area contributed by atoms with E-state index in [-0.39, 0.29) is 12.8 Å². The van der Waals surface area contributed by atoms with E-state index in [1.165, 1.54) is 0 Å². The van der Waals surface area contributed by atoms with Gasteiger partial charge in [-0.3, -0.25) is 19.7 Å². The summed E-state index contributed by atoms with van der Waals surface area (Å²) in [6.45, 7) is 0. The molecule has 0 aromatic carbocycles. The molecule has 0 spiro atoms. The maximum absolute atomic E-state index is 10.5. The van der Waals surface area contributed by atoms with Crippen LogP contribution in [0.5, 0.6) is 0 Å². The van der Waals surface area contributed by atoms with Crippen molar-refractivity contribution >= 4 is 11.9 Å². The van der Waals surface area contributed by atoms with Gasteiger partial charge in [-0.05, 0) is 12.8 Å². The van der Waals surface area contributed by atoms with Crippen LogP contribution in [0.3, 0.4) is 0 Å². The Bertz CT molecular complexity index is 265. The van der Waals surface area contributed by atoms with Crippen molar-refractivity contribution in [1.29, 1.82) is 0 Å². The monoisotopic (exact) mass is 233 g/mol. The Morgan fingerprint density at radius 1 is 1.12 bits per heavy atom. The van der Waals surface area contributed by atoms with Gasteiger partial charge >= 0.3 is 11.9 Å². The predicted molar refractivity (Wildman–Crippen MR) is 53.8 cm³/mol. The quantitative estimate of drug-likeness (QED) is 0.350. The van der Waals surface area contributed by atoms with Gasteiger partial charge in [0, 0.05) is 17.8 Å². The molecule has 7 heteroatoms. The summed E-state index contributed by atoms with van der Waals surface area (Å²) < 4.78 is 0. The van der Waals surface area contributed by atoms with E-state index in [1.807, 2.05) is 0 Å². The molecule has 0 aromatic heterocycles. The molecule has 16 heavy (non-hydrogen) atoms. The van der Waals surface area contributed by atoms with Crippen LogP contribution in [-0.2, 0) is 9.59 Å². The molecule has 0 aromatic rings. The van der Waals surface area contributed by atoms with E-state index >= 15 is 0 Å². The fraction of sp³-hybridized carbons (Fsp3) is 0.778. The van der Waals surface area contributed by atoms with Crippen molar-refractivity contribution in [1.82, 2.24) is 0 Å². The smallest absolute Gasteiger partial charge is 0.310 e. The largest absolute Gasteiger partial charge is 0.481 e. The van der Waals surface area contributed by atoms with Crippen molar-refractivity contribution in [2.24, 2.45) is 0 Å². The molecule has 0 aliphatic rings. The Morgan fingerprint density at radius 3 is 2.19 bits per heavy atom. The van der Waals surface area contributed by atoms with Crippen LogP contribution in [0.15, 0.2) is 0 Å². The number of carboxylic acid groups (broad SMARTS) is 2. The van der Waals surface area contributed by atoms with E-state index in [0.717, 1.165) is 0 Å². The average Bonchev–Trinajstić information content (AvgIpc) is 2.14. The zero-order valence-corrected chi connectivity index (χ0v) is 8.79. The number of hydrogen-bond donors (Lipinski definition) is 2. The lowest BCUT2D eigenvalue weighted by Crippen LogP contribution is -2.23. The number of nitro groups is 1. The molecular weight excluding hydrogens is 218 g/mol. The van der Waals surface area contributed by atoms with E-state index in [0.29, 0.717) is 19.3 Å². The van der Waals surface area contributed by atoms with E-state index in [9.17, 15) is 19.7 Å². The summed E-state index contributed by atoms with van der Waals surface area (Å²) in [5.41, 5.74) is 0. The average molecular weight is 233 g/mol. The first-order valence-corrected chi connectivity index (χ1v) is 5.00. The number of carboxylic acids is 2. The highest BCUT2D eigenvalue weighted by molar-refractivity contribution is 5.67. The third-order valence-electron chi connectivity index (χ3n) is 2.14. The van der Waals surface area contributed by atoms with Crippen molar-refractivity contribution in [3.63, 3.8) is 0 Å². The summed E-state index contributed by atoms with van der Waals surface area (Å²) >= 11 is 0. The summed E-state index contributed by atoms with van der Waals surface area (Å²) in [5, 5.41) is 27.2. The van der Waals surface area contributed by atoms with E-state index in [2.05, 4.69) is 0 Å². The van der Waals surface area contributed by atoms with Gasteiger partial charge in [-0.2, -0.15) is 0 Å². The Kier molecular flexibility index (Phi) is 6.82. The van der Waals surface area contributed by atoms with Gasteiger partial charge in [-0.25, -0.2) is 0 Å². The molecule has 0 rings (SSSR count). The third-order valence-corrected chi connectivity index (χ3v) is 2.14. The minimum absolute atomic E-state index is 0.0437. The lowest BCUT2D eigenvalue weighted by atomic mass is 10.1. The van der Waals surface area contributed by atoms with Crippen molar-refractivity contribution in [2.45, 2.75) is 44.6 Å². The van der Waals surface area contributed by atoms with Gasteiger partial charge in [0.2, 0.25) is 6.04 Å². The summed E-state index contributed by atoms with van der Waals surface area (Å²) in [5.74, 6) is -2.08. The highest BCUT2D eigenvalue weighted by atomic mass is 16.6. The first-order chi connectivity index (χ1) is 7.43. The molecule has 0 saturated heterocycles. The summed E-state index contributed by atoms with van der Waals surface area (Å²) in [6.07, 6.45) is 1.25. The fourth-order valence-corrected chi connectivity index (χ4v) is 1.32. The second-order valence-corrected chi connectivity index (χ2v) is 3.53. The number of rotatable bonds is 9. The minimum atomic E-state index is -1.19. The Labute approximate surface area is 92.2 Å². The molecule has 0 bridgehead atoms. The number of aliphatic carboxylic acids is 2. The molecule has 1 atom stereocenters. The third kappa shape index (κ3) is 7.72. The Morgan fingerprint density at radius 2 is 1.75 bits per heavy atom. The maximum atomic E-state index is 10.5. The van der Waals surface area contributed by atoms with Crippen LogP contribution < -0.4 is 0 Å². The summed E-state index contributed by atoms with van der Waals surface area (Å²) in [7, 11) is 0. The highest BCUT2D eigenvalue weighted by Crippen LogP contribution is 2.10. The van der Waals surface area contributed by atoms with Gasteiger partial charge in [0.1, 0.15) is 6.42 Å². The van der Waals surface area contributed by atoms with Crippen molar-refractivity contribution in [3.8, 4) is 0 Å². The summed E-state index contributed by atoms with van der Waals surface area (Å²) in [6, 6.07) is -1.07.